The maximum Gasteiger partial charge on any atom is 0.407 e. The molecule has 258 valence electrons. The first-order valence-corrected chi connectivity index (χ1v) is 17.0. The standard InChI is InChI=1S/C39H41N5O6/c1-25-20-21-40-36(22-25)43(35(23-27-10-4-3-5-11-27)37(45)42-28-16-18-29(19-17-28)44(48)49)38(46)26(2)41-39(47)50-24-34-32-14-8-6-12-30(32)31-13-7-9-15-33(31)34/h3-19,25-26,34-36,40H,20-24H2,1-2H3,(H,41,47)(H,42,45)/t25?,26-,35-,36?/m0/s1. The molecule has 11 nitrogen and oxygen atoms in total. The zero-order chi connectivity index (χ0) is 35.2. The molecule has 0 saturated carbocycles. The molecule has 2 unspecified atom stereocenters. The molecule has 3 N–H and O–H groups in total. The van der Waals surface area contributed by atoms with E-state index in [0.717, 1.165) is 34.2 Å². The van der Waals surface area contributed by atoms with Crippen molar-refractivity contribution in [3.8, 4) is 11.1 Å². The summed E-state index contributed by atoms with van der Waals surface area (Å²) >= 11 is 0. The van der Waals surface area contributed by atoms with E-state index in [1.54, 1.807) is 11.8 Å². The lowest BCUT2D eigenvalue weighted by molar-refractivity contribution is -0.384. The van der Waals surface area contributed by atoms with Crippen LogP contribution in [0.2, 0.25) is 0 Å². The Morgan fingerprint density at radius 1 is 0.920 bits per heavy atom. The van der Waals surface area contributed by atoms with Gasteiger partial charge in [-0.3, -0.25) is 25.0 Å². The number of non-ortho nitro benzene ring substituents is 1. The second kappa shape index (κ2) is 15.3. The van der Waals surface area contributed by atoms with Gasteiger partial charge in [0.25, 0.3) is 5.69 Å². The fraction of sp³-hybridized carbons (Fsp3) is 0.308. The van der Waals surface area contributed by atoms with Crippen molar-refractivity contribution in [1.29, 1.82) is 0 Å². The fourth-order valence-corrected chi connectivity index (χ4v) is 6.96. The number of alkyl carbamates (subject to hydrolysis) is 1. The summed E-state index contributed by atoms with van der Waals surface area (Å²) in [5.41, 5.74) is 5.49. The lowest BCUT2D eigenvalue weighted by Gasteiger charge is -2.42. The summed E-state index contributed by atoms with van der Waals surface area (Å²) in [6, 6.07) is 29.1. The molecule has 1 aliphatic heterocycles. The maximum absolute atomic E-state index is 14.4. The van der Waals surface area contributed by atoms with Gasteiger partial charge in [-0.1, -0.05) is 85.8 Å². The summed E-state index contributed by atoms with van der Waals surface area (Å²) in [4.78, 5) is 54.0. The van der Waals surface area contributed by atoms with E-state index in [9.17, 15) is 24.5 Å². The molecular formula is C39H41N5O6. The van der Waals surface area contributed by atoms with Crippen LogP contribution in [0.4, 0.5) is 16.2 Å². The van der Waals surface area contributed by atoms with Gasteiger partial charge in [0, 0.05) is 30.2 Å². The van der Waals surface area contributed by atoms with Crippen LogP contribution in [0.1, 0.15) is 49.3 Å². The molecule has 1 aliphatic carbocycles. The quantitative estimate of drug-likeness (QED) is 0.126. The van der Waals surface area contributed by atoms with Gasteiger partial charge in [-0.25, -0.2) is 4.79 Å². The minimum Gasteiger partial charge on any atom is -0.449 e. The van der Waals surface area contributed by atoms with Gasteiger partial charge >= 0.3 is 6.09 Å². The Hall–Kier alpha value is -5.55. The molecule has 3 amide bonds. The Kier molecular flexibility index (Phi) is 10.5. The van der Waals surface area contributed by atoms with Crippen LogP contribution in [0.25, 0.3) is 11.1 Å². The van der Waals surface area contributed by atoms with Gasteiger partial charge in [-0.2, -0.15) is 0 Å². The van der Waals surface area contributed by atoms with Crippen LogP contribution < -0.4 is 16.0 Å². The number of hydrogen-bond acceptors (Lipinski definition) is 7. The number of nitro benzene ring substituents is 1. The average Bonchev–Trinajstić information content (AvgIpc) is 3.44. The summed E-state index contributed by atoms with van der Waals surface area (Å²) in [5, 5.41) is 20.2. The van der Waals surface area contributed by atoms with Gasteiger partial charge in [0.2, 0.25) is 11.8 Å². The Labute approximate surface area is 291 Å². The van der Waals surface area contributed by atoms with E-state index in [0.29, 0.717) is 18.7 Å². The van der Waals surface area contributed by atoms with Crippen LogP contribution in [0.3, 0.4) is 0 Å². The van der Waals surface area contributed by atoms with E-state index in [1.807, 2.05) is 66.7 Å². The van der Waals surface area contributed by atoms with Crippen molar-refractivity contribution < 1.29 is 24.0 Å². The Balaban J connectivity index is 1.22. The van der Waals surface area contributed by atoms with Crippen LogP contribution in [-0.2, 0) is 20.7 Å². The largest absolute Gasteiger partial charge is 0.449 e. The van der Waals surface area contributed by atoms with E-state index in [-0.39, 0.29) is 30.6 Å². The number of nitro groups is 1. The monoisotopic (exact) mass is 675 g/mol. The van der Waals surface area contributed by atoms with E-state index < -0.39 is 41.1 Å². The number of carbonyl (C=O) groups excluding carboxylic acids is 3. The molecule has 0 radical (unpaired) electrons. The molecule has 4 atom stereocenters. The highest BCUT2D eigenvalue weighted by Crippen LogP contribution is 2.44. The van der Waals surface area contributed by atoms with Crippen LogP contribution in [-0.4, -0.2) is 59.1 Å². The third-order valence-corrected chi connectivity index (χ3v) is 9.54. The maximum atomic E-state index is 14.4. The number of piperidine rings is 1. The minimum absolute atomic E-state index is 0.0977. The van der Waals surface area contributed by atoms with Crippen molar-refractivity contribution in [3.63, 3.8) is 0 Å². The molecule has 1 saturated heterocycles. The summed E-state index contributed by atoms with van der Waals surface area (Å²) in [5.74, 6) is -0.742. The van der Waals surface area contributed by atoms with Crippen molar-refractivity contribution in [1.82, 2.24) is 15.5 Å². The molecule has 6 rings (SSSR count). The van der Waals surface area contributed by atoms with Crippen molar-refractivity contribution in [2.24, 2.45) is 5.92 Å². The molecule has 0 aromatic heterocycles. The molecule has 0 bridgehead atoms. The smallest absolute Gasteiger partial charge is 0.407 e. The van der Waals surface area contributed by atoms with Crippen LogP contribution in [0.5, 0.6) is 0 Å². The lowest BCUT2D eigenvalue weighted by atomic mass is 9.94. The lowest BCUT2D eigenvalue weighted by Crippen LogP contribution is -2.63. The molecule has 11 heteroatoms. The van der Waals surface area contributed by atoms with E-state index >= 15 is 0 Å². The number of nitrogens with zero attached hydrogens (tertiary/aromatic N) is 2. The SMILES string of the molecule is CC1CCNC(N(C(=O)[C@H](C)NC(=O)OCC2c3ccccc3-c3ccccc32)[C@@H](Cc2ccccc2)C(=O)Nc2ccc([N+](=O)[O-])cc2)C1. The van der Waals surface area contributed by atoms with Crippen molar-refractivity contribution in [2.75, 3.05) is 18.5 Å². The molecule has 4 aromatic carbocycles. The zero-order valence-corrected chi connectivity index (χ0v) is 28.1. The van der Waals surface area contributed by atoms with Gasteiger partial charge in [0.15, 0.2) is 0 Å². The predicted molar refractivity (Wildman–Crippen MR) is 190 cm³/mol. The molecule has 0 spiro atoms. The number of amides is 3. The predicted octanol–water partition coefficient (Wildman–Crippen LogP) is 6.25. The number of ether oxygens (including phenoxy) is 1. The molecule has 50 heavy (non-hydrogen) atoms. The van der Waals surface area contributed by atoms with Crippen LogP contribution in [0, 0.1) is 16.0 Å². The van der Waals surface area contributed by atoms with Gasteiger partial charge < -0.3 is 20.3 Å². The van der Waals surface area contributed by atoms with Gasteiger partial charge in [0.05, 0.1) is 11.1 Å². The molecule has 1 fully saturated rings. The topological polar surface area (TPSA) is 143 Å². The number of rotatable bonds is 11. The van der Waals surface area contributed by atoms with Crippen LogP contribution in [0.15, 0.2) is 103 Å². The van der Waals surface area contributed by atoms with Gasteiger partial charge in [-0.15, -0.1) is 0 Å². The third kappa shape index (κ3) is 7.68. The minimum atomic E-state index is -1.02. The second-order valence-corrected chi connectivity index (χ2v) is 13.0. The first kappa shape index (κ1) is 34.3. The van der Waals surface area contributed by atoms with Crippen molar-refractivity contribution in [3.05, 3.63) is 130 Å². The van der Waals surface area contributed by atoms with Crippen molar-refractivity contribution >= 4 is 29.3 Å². The number of fused-ring (bicyclic) bond motifs is 3. The molecule has 1 heterocycles. The number of carbonyl (C=O) groups is 3. The summed E-state index contributed by atoms with van der Waals surface area (Å²) < 4.78 is 5.75. The van der Waals surface area contributed by atoms with Gasteiger partial charge in [0.1, 0.15) is 18.7 Å². The zero-order valence-electron chi connectivity index (χ0n) is 28.1. The molecule has 2 aliphatic rings. The van der Waals surface area contributed by atoms with Gasteiger partial charge in [-0.05, 0) is 72.2 Å². The fourth-order valence-electron chi connectivity index (χ4n) is 6.96. The number of nitrogens with one attached hydrogen (secondary N) is 3. The number of hydrogen-bond donors (Lipinski definition) is 3. The van der Waals surface area contributed by atoms with E-state index in [4.69, 9.17) is 4.74 Å². The third-order valence-electron chi connectivity index (χ3n) is 9.54. The number of anilines is 1. The summed E-state index contributed by atoms with van der Waals surface area (Å²) in [7, 11) is 0. The normalized spacial score (nSPS) is 17.8. The average molecular weight is 676 g/mol. The van der Waals surface area contributed by atoms with Crippen LogP contribution >= 0.6 is 0 Å². The molecular weight excluding hydrogens is 634 g/mol. The highest BCUT2D eigenvalue weighted by Gasteiger charge is 2.39. The first-order chi connectivity index (χ1) is 24.2. The Bertz CT molecular complexity index is 1800. The van der Waals surface area contributed by atoms with E-state index in [2.05, 4.69) is 35.0 Å². The Morgan fingerprint density at radius 3 is 2.16 bits per heavy atom. The van der Waals surface area contributed by atoms with E-state index in [1.165, 1.54) is 24.3 Å². The first-order valence-electron chi connectivity index (χ1n) is 17.0. The number of benzene rings is 4. The Morgan fingerprint density at radius 2 is 1.54 bits per heavy atom. The van der Waals surface area contributed by atoms with Crippen molar-refractivity contribution in [2.45, 2.75) is 57.3 Å². The molecule has 4 aromatic rings. The summed E-state index contributed by atoms with van der Waals surface area (Å²) in [6.07, 6.45) is 0.529. The highest BCUT2D eigenvalue weighted by molar-refractivity contribution is 5.98. The summed E-state index contributed by atoms with van der Waals surface area (Å²) in [6.45, 7) is 4.46. The second-order valence-electron chi connectivity index (χ2n) is 13.0. The highest BCUT2D eigenvalue weighted by atomic mass is 16.6.